The van der Waals surface area contributed by atoms with E-state index in [1.165, 1.54) is 0 Å². The summed E-state index contributed by atoms with van der Waals surface area (Å²) in [5.41, 5.74) is 2.15. The summed E-state index contributed by atoms with van der Waals surface area (Å²) in [6.45, 7) is 0. The smallest absolute Gasteiger partial charge is 0.371 e. The third-order valence-corrected chi connectivity index (χ3v) is 3.30. The monoisotopic (exact) mass is 306 g/mol. The molecule has 0 aliphatic heterocycles. The van der Waals surface area contributed by atoms with E-state index in [0.717, 1.165) is 12.0 Å². The van der Waals surface area contributed by atoms with Crippen molar-refractivity contribution in [2.24, 2.45) is 0 Å². The molecule has 0 saturated heterocycles. The largest absolute Gasteiger partial charge is 0.475 e. The van der Waals surface area contributed by atoms with Crippen molar-refractivity contribution in [2.45, 2.75) is 19.3 Å². The molecule has 3 N–H and O–H groups in total. The van der Waals surface area contributed by atoms with Gasteiger partial charge in [-0.15, -0.1) is 5.10 Å². The average molecular weight is 307 g/mol. The van der Waals surface area contributed by atoms with Gasteiger partial charge in [-0.1, -0.05) is 11.6 Å². The summed E-state index contributed by atoms with van der Waals surface area (Å²) in [5, 5.41) is 23.1. The number of aromatic amines is 2. The number of rotatable bonds is 5. The van der Waals surface area contributed by atoms with Gasteiger partial charge in [-0.2, -0.15) is 0 Å². The third kappa shape index (κ3) is 2.84. The van der Waals surface area contributed by atoms with Crippen LogP contribution in [0.3, 0.4) is 0 Å². The second kappa shape index (κ2) is 5.49. The number of imidazole rings is 1. The molecule has 2 aromatic heterocycles. The highest BCUT2D eigenvalue weighted by Crippen LogP contribution is 2.24. The molecule has 3 aromatic rings. The Kier molecular flexibility index (Phi) is 3.53. The van der Waals surface area contributed by atoms with Crippen molar-refractivity contribution in [3.05, 3.63) is 34.4 Å². The van der Waals surface area contributed by atoms with Crippen LogP contribution >= 0.6 is 11.6 Å². The Labute approximate surface area is 123 Å². The number of carboxylic acid groups (broad SMARTS) is 1. The number of aromatic carboxylic acids is 1. The van der Waals surface area contributed by atoms with E-state index < -0.39 is 5.97 Å². The van der Waals surface area contributed by atoms with Crippen LogP contribution in [0.1, 0.15) is 28.4 Å². The highest BCUT2D eigenvalue weighted by atomic mass is 35.5. The fraction of sp³-hybridized carbons (Fsp3) is 0.250. The lowest BCUT2D eigenvalue weighted by Gasteiger charge is -2.02. The highest BCUT2D eigenvalue weighted by Gasteiger charge is 2.13. The van der Waals surface area contributed by atoms with Gasteiger partial charge < -0.3 is 10.1 Å². The van der Waals surface area contributed by atoms with Gasteiger partial charge in [-0.25, -0.2) is 14.9 Å². The molecule has 0 aliphatic carbocycles. The molecule has 0 spiro atoms. The minimum absolute atomic E-state index is 0.0899. The van der Waals surface area contributed by atoms with E-state index >= 15 is 0 Å². The van der Waals surface area contributed by atoms with Gasteiger partial charge in [0.15, 0.2) is 0 Å². The number of nitrogens with one attached hydrogen (secondary N) is 2. The molecule has 21 heavy (non-hydrogen) atoms. The second-order valence-corrected chi connectivity index (χ2v) is 4.99. The Morgan fingerprint density at radius 2 is 2.19 bits per heavy atom. The van der Waals surface area contributed by atoms with Crippen LogP contribution in [0.15, 0.2) is 12.1 Å². The van der Waals surface area contributed by atoms with Gasteiger partial charge in [-0.3, -0.25) is 0 Å². The van der Waals surface area contributed by atoms with E-state index in [-0.39, 0.29) is 5.82 Å². The number of nitrogens with zero attached hydrogens (tertiary/aromatic N) is 4. The lowest BCUT2D eigenvalue weighted by Crippen LogP contribution is -1.98. The molecule has 0 amide bonds. The van der Waals surface area contributed by atoms with Gasteiger partial charge in [0.2, 0.25) is 5.82 Å². The molecule has 1 aromatic carbocycles. The first-order valence-corrected chi connectivity index (χ1v) is 6.65. The number of H-pyrrole nitrogens is 2. The van der Waals surface area contributed by atoms with Crippen molar-refractivity contribution in [3.63, 3.8) is 0 Å². The fourth-order valence-electron chi connectivity index (χ4n) is 2.17. The molecule has 8 nitrogen and oxygen atoms in total. The average Bonchev–Trinajstić information content (AvgIpc) is 3.07. The van der Waals surface area contributed by atoms with Gasteiger partial charge >= 0.3 is 5.97 Å². The number of aryl methyl sites for hydroxylation is 2. The normalized spacial score (nSPS) is 11.1. The van der Waals surface area contributed by atoms with Crippen LogP contribution in [0.5, 0.6) is 0 Å². The molecule has 0 fully saturated rings. The summed E-state index contributed by atoms with van der Waals surface area (Å²) in [5.74, 6) is -0.476. The predicted octanol–water partition coefficient (Wildman–Crippen LogP) is 1.60. The summed E-state index contributed by atoms with van der Waals surface area (Å²) in [6, 6.07) is 3.47. The zero-order valence-electron chi connectivity index (χ0n) is 10.8. The molecule has 108 valence electrons. The number of hydrogen-bond donors (Lipinski definition) is 3. The zero-order chi connectivity index (χ0) is 14.8. The summed E-state index contributed by atoms with van der Waals surface area (Å²) in [4.78, 5) is 17.8. The number of hydrogen-bond acceptors (Lipinski definition) is 5. The summed E-state index contributed by atoms with van der Waals surface area (Å²) < 4.78 is 0. The van der Waals surface area contributed by atoms with Crippen molar-refractivity contribution in [1.29, 1.82) is 0 Å². The molecular weight excluding hydrogens is 296 g/mol. The molecule has 0 radical (unpaired) electrons. The first-order valence-electron chi connectivity index (χ1n) is 6.27. The molecule has 0 saturated carbocycles. The standard InChI is InChI=1S/C12H11ClN6O2/c13-7-4-6(2-1-3-9-16-18-19-17-9)10-8(5-7)14-11(15-10)12(20)21/h4-5H,1-3H2,(H,14,15)(H,20,21)(H,16,17,18,19). The van der Waals surface area contributed by atoms with E-state index in [4.69, 9.17) is 16.7 Å². The molecule has 2 heterocycles. The Balaban J connectivity index is 1.84. The molecule has 0 bridgehead atoms. The number of benzene rings is 1. The van der Waals surface area contributed by atoms with E-state index in [1.807, 2.05) is 0 Å². The minimum atomic E-state index is -1.10. The zero-order valence-corrected chi connectivity index (χ0v) is 11.6. The van der Waals surface area contributed by atoms with E-state index in [9.17, 15) is 4.79 Å². The molecule has 9 heteroatoms. The molecular formula is C12H11ClN6O2. The number of halogens is 1. The molecule has 0 atom stereocenters. The first-order chi connectivity index (χ1) is 10.1. The predicted molar refractivity (Wildman–Crippen MR) is 74.3 cm³/mol. The molecule has 3 rings (SSSR count). The van der Waals surface area contributed by atoms with Crippen molar-refractivity contribution in [1.82, 2.24) is 30.6 Å². The second-order valence-electron chi connectivity index (χ2n) is 4.55. The lowest BCUT2D eigenvalue weighted by molar-refractivity contribution is 0.0685. The van der Waals surface area contributed by atoms with Crippen LogP contribution in [0.2, 0.25) is 5.02 Å². The topological polar surface area (TPSA) is 120 Å². The summed E-state index contributed by atoms with van der Waals surface area (Å²) in [7, 11) is 0. The van der Waals surface area contributed by atoms with Crippen LogP contribution < -0.4 is 0 Å². The van der Waals surface area contributed by atoms with Crippen LogP contribution in [-0.4, -0.2) is 41.7 Å². The van der Waals surface area contributed by atoms with Crippen molar-refractivity contribution < 1.29 is 9.90 Å². The Bertz CT molecular complexity index is 783. The SMILES string of the molecule is O=C(O)c1nc2c(CCCc3nnn[nH]3)cc(Cl)cc2[nH]1. The summed E-state index contributed by atoms with van der Waals surface area (Å²) in [6.07, 6.45) is 2.18. The van der Waals surface area contributed by atoms with Gasteiger partial charge in [0.25, 0.3) is 0 Å². The van der Waals surface area contributed by atoms with Gasteiger partial charge in [0.05, 0.1) is 11.0 Å². The van der Waals surface area contributed by atoms with Crippen LogP contribution in [-0.2, 0) is 12.8 Å². The maximum atomic E-state index is 11.0. The first kappa shape index (κ1) is 13.5. The Hall–Kier alpha value is -2.48. The number of aromatic nitrogens is 6. The highest BCUT2D eigenvalue weighted by molar-refractivity contribution is 6.31. The van der Waals surface area contributed by atoms with Crippen molar-refractivity contribution in [3.8, 4) is 0 Å². The minimum Gasteiger partial charge on any atom is -0.475 e. The van der Waals surface area contributed by atoms with Gasteiger partial charge in [0.1, 0.15) is 5.82 Å². The van der Waals surface area contributed by atoms with E-state index in [1.54, 1.807) is 12.1 Å². The van der Waals surface area contributed by atoms with Crippen LogP contribution in [0, 0.1) is 0 Å². The molecule has 0 aliphatic rings. The van der Waals surface area contributed by atoms with Gasteiger partial charge in [0, 0.05) is 11.4 Å². The van der Waals surface area contributed by atoms with Crippen LogP contribution in [0.4, 0.5) is 0 Å². The van der Waals surface area contributed by atoms with Crippen molar-refractivity contribution in [2.75, 3.05) is 0 Å². The van der Waals surface area contributed by atoms with Crippen molar-refractivity contribution >= 4 is 28.6 Å². The fourth-order valence-corrected chi connectivity index (χ4v) is 2.41. The lowest BCUT2D eigenvalue weighted by atomic mass is 10.1. The third-order valence-electron chi connectivity index (χ3n) is 3.08. The van der Waals surface area contributed by atoms with Crippen LogP contribution in [0.25, 0.3) is 11.0 Å². The number of tetrazole rings is 1. The number of carboxylic acids is 1. The summed E-state index contributed by atoms with van der Waals surface area (Å²) >= 11 is 6.06. The number of fused-ring (bicyclic) bond motifs is 1. The van der Waals surface area contributed by atoms with Gasteiger partial charge in [-0.05, 0) is 41.0 Å². The maximum Gasteiger partial charge on any atom is 0.371 e. The Morgan fingerprint density at radius 3 is 2.90 bits per heavy atom. The molecule has 0 unspecified atom stereocenters. The quantitative estimate of drug-likeness (QED) is 0.658. The number of carbonyl (C=O) groups is 1. The van der Waals surface area contributed by atoms with E-state index in [0.29, 0.717) is 34.7 Å². The van der Waals surface area contributed by atoms with E-state index in [2.05, 4.69) is 30.6 Å². The maximum absolute atomic E-state index is 11.0. The Morgan fingerprint density at radius 1 is 1.33 bits per heavy atom.